The molecule has 12 heavy (non-hydrogen) atoms. The van der Waals surface area contributed by atoms with E-state index in [1.54, 1.807) is 0 Å². The number of carboxylic acid groups (broad SMARTS) is 1. The van der Waals surface area contributed by atoms with Crippen LogP contribution in [-0.4, -0.2) is 11.2 Å². The van der Waals surface area contributed by atoms with Crippen LogP contribution in [0.4, 0.5) is 4.79 Å². The van der Waals surface area contributed by atoms with Gasteiger partial charge in [-0.3, -0.25) is 0 Å². The number of nitrogens with two attached hydrogens (primary N) is 1. The molecule has 0 saturated heterocycles. The first-order valence-electron chi connectivity index (χ1n) is 2.92. The maximum atomic E-state index is 8.78. The molecule has 0 fully saturated rings. The average Bonchev–Trinajstić information content (AvgIpc) is 2.10. The third kappa shape index (κ3) is 22.8. The third-order valence-corrected chi connectivity index (χ3v) is 0.607. The van der Waals surface area contributed by atoms with Gasteiger partial charge in [0.2, 0.25) is 0 Å². The molecule has 0 radical (unpaired) electrons. The molecular weight excluding hydrogens is 228 g/mol. The van der Waals surface area contributed by atoms with Crippen LogP contribution in [0.15, 0.2) is 30.3 Å². The zero-order valence-electron chi connectivity index (χ0n) is 6.43. The number of rotatable bonds is 0. The normalized spacial score (nSPS) is 6.50. The smallest absolute Gasteiger partial charge is 0.171 e. The second-order valence-electron chi connectivity index (χ2n) is 1.42. The summed E-state index contributed by atoms with van der Waals surface area (Å²) in [6.07, 6.45) is -1.33. The predicted molar refractivity (Wildman–Crippen MR) is 45.1 cm³/mol. The Labute approximate surface area is 84.9 Å². The van der Waals surface area contributed by atoms with E-state index in [1.165, 1.54) is 0 Å². The molecule has 1 aromatic rings. The Kier molecular flexibility index (Phi) is 15.0. The summed E-state index contributed by atoms with van der Waals surface area (Å²) < 4.78 is 0. The fraction of sp³-hybridized carbons (Fsp3) is 0. The predicted octanol–water partition coefficient (Wildman–Crippen LogP) is 1.76. The first-order chi connectivity index (χ1) is 5.73. The summed E-state index contributed by atoms with van der Waals surface area (Å²) >= 11 is 0.958. The molecule has 0 aliphatic heterocycles. The van der Waals surface area contributed by atoms with Crippen LogP contribution in [0.3, 0.4) is 0 Å². The molecule has 3 N–H and O–H groups in total. The van der Waals surface area contributed by atoms with Gasteiger partial charge in [0.1, 0.15) is 0 Å². The van der Waals surface area contributed by atoms with Gasteiger partial charge >= 0.3 is 32.8 Å². The van der Waals surface area contributed by atoms with E-state index in [0.29, 0.717) is 0 Å². The summed E-state index contributed by atoms with van der Waals surface area (Å²) in [5.41, 5.74) is 4.03. The summed E-state index contributed by atoms with van der Waals surface area (Å²) in [5, 5.41) is 7.19. The molecule has 5 heteroatoms. The van der Waals surface area contributed by atoms with Crippen LogP contribution >= 0.6 is 10.1 Å². The molecule has 0 heterocycles. The maximum Gasteiger partial charge on any atom is -0.171 e. The Hall–Kier alpha value is -0.667. The number of hydrogen-bond acceptors (Lipinski definition) is 2. The monoisotopic (exact) mass is 234 g/mol. The first-order valence-corrected chi connectivity index (χ1v) is 7.13. The third-order valence-electron chi connectivity index (χ3n) is 0.607. The molecule has 1 rings (SSSR count). The molecular formula is C7H8NO2SZn-. The summed E-state index contributed by atoms with van der Waals surface area (Å²) in [6.45, 7) is 0. The fourth-order valence-electron chi connectivity index (χ4n) is 0.342. The van der Waals surface area contributed by atoms with Gasteiger partial charge in [0, 0.05) is 0 Å². The van der Waals surface area contributed by atoms with Crippen LogP contribution in [0.1, 0.15) is 0 Å². The minimum Gasteiger partial charge on any atom is -0.184 e. The van der Waals surface area contributed by atoms with Crippen LogP contribution in [0.2, 0.25) is 0 Å². The second kappa shape index (κ2) is 13.0. The van der Waals surface area contributed by atoms with Crippen molar-refractivity contribution in [1.82, 2.24) is 0 Å². The minimum atomic E-state index is -1.33. The van der Waals surface area contributed by atoms with Crippen molar-refractivity contribution >= 4 is 16.2 Å². The van der Waals surface area contributed by atoms with Gasteiger partial charge in [-0.05, 0) is 0 Å². The SMILES string of the molecule is NC(=O)O.[S]=[Zn].[c-]1ccccc1. The standard InChI is InChI=1S/C6H5.CH3NO2.S.Zn/c1-2-4-6-5-3-1;2-1(3)4;;/h1-5H;2H2,(H,3,4);;/q-1;;;. The molecule has 0 aromatic heterocycles. The number of carbonyl (C=O) groups is 1. The average molecular weight is 236 g/mol. The van der Waals surface area contributed by atoms with Gasteiger partial charge in [-0.15, -0.1) is 0 Å². The van der Waals surface area contributed by atoms with Crippen LogP contribution in [0.25, 0.3) is 0 Å². The second-order valence-corrected chi connectivity index (χ2v) is 1.42. The van der Waals surface area contributed by atoms with Crippen molar-refractivity contribution in [2.24, 2.45) is 5.73 Å². The molecule has 62 valence electrons. The number of amides is 1. The Morgan fingerprint density at radius 2 is 1.67 bits per heavy atom. The van der Waals surface area contributed by atoms with Crippen LogP contribution < -0.4 is 5.73 Å². The van der Waals surface area contributed by atoms with E-state index >= 15 is 0 Å². The van der Waals surface area contributed by atoms with Crippen LogP contribution in [0.5, 0.6) is 0 Å². The summed E-state index contributed by atoms with van der Waals surface area (Å²) in [4.78, 5) is 8.78. The van der Waals surface area contributed by atoms with Crippen molar-refractivity contribution in [3.63, 3.8) is 0 Å². The molecule has 0 aliphatic rings. The number of hydrogen-bond donors (Lipinski definition) is 2. The summed E-state index contributed by atoms with van der Waals surface area (Å²) in [7, 11) is 4.21. The molecule has 0 bridgehead atoms. The van der Waals surface area contributed by atoms with E-state index in [4.69, 9.17) is 9.90 Å². The molecule has 1 amide bonds. The number of benzene rings is 1. The summed E-state index contributed by atoms with van der Waals surface area (Å²) in [6, 6.07) is 12.5. The van der Waals surface area contributed by atoms with Crippen LogP contribution in [-0.2, 0) is 16.6 Å². The first kappa shape index (κ1) is 13.9. The van der Waals surface area contributed by atoms with E-state index in [-0.39, 0.29) is 0 Å². The molecule has 0 spiro atoms. The van der Waals surface area contributed by atoms with Gasteiger partial charge in [-0.2, -0.15) is 36.4 Å². The Balaban J connectivity index is 0. The molecule has 0 aliphatic carbocycles. The summed E-state index contributed by atoms with van der Waals surface area (Å²) in [5.74, 6) is 0. The van der Waals surface area contributed by atoms with E-state index in [2.05, 4.69) is 21.9 Å². The molecule has 0 unspecified atom stereocenters. The van der Waals surface area contributed by atoms with Crippen molar-refractivity contribution in [2.45, 2.75) is 0 Å². The van der Waals surface area contributed by atoms with Gasteiger partial charge in [-0.25, -0.2) is 4.79 Å². The van der Waals surface area contributed by atoms with E-state index in [0.717, 1.165) is 16.6 Å². The Morgan fingerprint density at radius 1 is 1.33 bits per heavy atom. The Bertz CT molecular complexity index is 165. The minimum absolute atomic E-state index is 0.958. The van der Waals surface area contributed by atoms with Crippen molar-refractivity contribution < 1.29 is 26.5 Å². The van der Waals surface area contributed by atoms with E-state index < -0.39 is 6.09 Å². The molecule has 0 atom stereocenters. The fourth-order valence-corrected chi connectivity index (χ4v) is 0.342. The van der Waals surface area contributed by atoms with Gasteiger partial charge in [0.25, 0.3) is 0 Å². The molecule has 1 aromatic carbocycles. The molecule has 0 saturated carbocycles. The quantitative estimate of drug-likeness (QED) is 0.532. The van der Waals surface area contributed by atoms with E-state index in [9.17, 15) is 0 Å². The van der Waals surface area contributed by atoms with Gasteiger partial charge in [0.15, 0.2) is 0 Å². The Morgan fingerprint density at radius 3 is 1.75 bits per heavy atom. The van der Waals surface area contributed by atoms with Crippen LogP contribution in [0, 0.1) is 6.07 Å². The van der Waals surface area contributed by atoms with Gasteiger partial charge in [-0.1, -0.05) is 0 Å². The van der Waals surface area contributed by atoms with Crippen molar-refractivity contribution in [2.75, 3.05) is 0 Å². The van der Waals surface area contributed by atoms with Crippen molar-refractivity contribution in [3.8, 4) is 0 Å². The van der Waals surface area contributed by atoms with Gasteiger partial charge in [0.05, 0.1) is 0 Å². The number of primary amides is 1. The van der Waals surface area contributed by atoms with Crippen molar-refractivity contribution in [1.29, 1.82) is 0 Å². The van der Waals surface area contributed by atoms with Crippen molar-refractivity contribution in [3.05, 3.63) is 36.4 Å². The van der Waals surface area contributed by atoms with Gasteiger partial charge < -0.3 is 10.8 Å². The topological polar surface area (TPSA) is 63.3 Å². The zero-order valence-corrected chi connectivity index (χ0v) is 10.2. The molecule has 3 nitrogen and oxygen atoms in total. The van der Waals surface area contributed by atoms with E-state index in [1.807, 2.05) is 30.3 Å². The largest absolute Gasteiger partial charge is 0.184 e. The zero-order chi connectivity index (χ0) is 9.82. The maximum absolute atomic E-state index is 8.78.